The molecule has 8 heteroatoms. The number of likely N-dealkylation sites (tertiary alicyclic amines) is 1. The van der Waals surface area contributed by atoms with Gasteiger partial charge in [0.05, 0.1) is 37.2 Å². The Bertz CT molecular complexity index is 929. The van der Waals surface area contributed by atoms with Crippen LogP contribution >= 0.6 is 0 Å². The van der Waals surface area contributed by atoms with E-state index in [0.29, 0.717) is 25.4 Å². The van der Waals surface area contributed by atoms with Gasteiger partial charge in [-0.3, -0.25) is 14.6 Å². The topological polar surface area (TPSA) is 88.8 Å². The number of carbonyl (C=O) groups excluding carboxylic acids is 2. The smallest absolute Gasteiger partial charge is 0.230 e. The normalized spacial score (nSPS) is 30.1. The van der Waals surface area contributed by atoms with Crippen LogP contribution in [0.2, 0.25) is 0 Å². The molecule has 5 heterocycles. The number of fused-ring (bicyclic) bond motifs is 1. The number of rotatable bonds is 5. The summed E-state index contributed by atoms with van der Waals surface area (Å²) >= 11 is 0. The van der Waals surface area contributed by atoms with Gasteiger partial charge in [0.2, 0.25) is 11.8 Å². The highest BCUT2D eigenvalue weighted by Gasteiger charge is 2.67. The average Bonchev–Trinajstić information content (AvgIpc) is 3.45. The Morgan fingerprint density at radius 2 is 2.29 bits per heavy atom. The minimum atomic E-state index is -0.711. The van der Waals surface area contributed by atoms with Crippen LogP contribution in [0.4, 0.5) is 0 Å². The zero-order chi connectivity index (χ0) is 19.3. The molecule has 2 aromatic heterocycles. The third kappa shape index (κ3) is 2.56. The highest BCUT2D eigenvalue weighted by molar-refractivity contribution is 5.93. The maximum Gasteiger partial charge on any atom is 0.230 e. The van der Waals surface area contributed by atoms with E-state index >= 15 is 0 Å². The lowest BCUT2D eigenvalue weighted by atomic mass is 9.76. The van der Waals surface area contributed by atoms with Gasteiger partial charge in [-0.15, -0.1) is 0 Å². The summed E-state index contributed by atoms with van der Waals surface area (Å²) in [5, 5.41) is 3.67. The van der Waals surface area contributed by atoms with Gasteiger partial charge in [-0.25, -0.2) is 0 Å². The van der Waals surface area contributed by atoms with Crippen LogP contribution in [-0.4, -0.2) is 57.1 Å². The summed E-state index contributed by atoms with van der Waals surface area (Å²) in [5.41, 5.74) is 0.244. The van der Waals surface area contributed by atoms with E-state index in [2.05, 4.69) is 10.1 Å². The molecule has 0 saturated carbocycles. The Balaban J connectivity index is 1.37. The summed E-state index contributed by atoms with van der Waals surface area (Å²) in [4.78, 5) is 33.9. The van der Waals surface area contributed by atoms with Crippen LogP contribution in [0.15, 0.2) is 53.5 Å². The van der Waals surface area contributed by atoms with E-state index in [0.717, 1.165) is 5.56 Å². The number of nitrogens with zero attached hydrogens (tertiary/aromatic N) is 4. The Morgan fingerprint density at radius 1 is 1.39 bits per heavy atom. The molecule has 0 aromatic carbocycles. The van der Waals surface area contributed by atoms with E-state index in [1.165, 1.54) is 0 Å². The number of hydrogen-bond donors (Lipinski definition) is 0. The summed E-state index contributed by atoms with van der Waals surface area (Å²) < 4.78 is 11.3. The predicted octanol–water partition coefficient (Wildman–Crippen LogP) is 1.01. The van der Waals surface area contributed by atoms with Gasteiger partial charge in [0.15, 0.2) is 5.76 Å². The van der Waals surface area contributed by atoms with E-state index in [4.69, 9.17) is 9.26 Å². The summed E-state index contributed by atoms with van der Waals surface area (Å²) in [6.07, 6.45) is 8.52. The average molecular weight is 380 g/mol. The van der Waals surface area contributed by atoms with Crippen LogP contribution in [0.5, 0.6) is 0 Å². The molecule has 4 atom stereocenters. The highest BCUT2D eigenvalue weighted by Crippen LogP contribution is 2.52. The molecule has 2 aromatic rings. The molecule has 8 nitrogen and oxygen atoms in total. The quantitative estimate of drug-likeness (QED) is 0.720. The first kappa shape index (κ1) is 17.1. The Morgan fingerprint density at radius 3 is 3.04 bits per heavy atom. The van der Waals surface area contributed by atoms with Crippen molar-refractivity contribution < 1.29 is 18.8 Å². The zero-order valence-corrected chi connectivity index (χ0v) is 15.4. The zero-order valence-electron chi connectivity index (χ0n) is 15.4. The van der Waals surface area contributed by atoms with Gasteiger partial charge in [-0.1, -0.05) is 23.4 Å². The summed E-state index contributed by atoms with van der Waals surface area (Å²) in [7, 11) is 1.71. The molecule has 2 amide bonds. The minimum Gasteiger partial charge on any atom is -0.360 e. The second-order valence-electron chi connectivity index (χ2n) is 7.63. The molecule has 3 aliphatic rings. The molecule has 0 N–H and O–H groups in total. The predicted molar refractivity (Wildman–Crippen MR) is 96.4 cm³/mol. The summed E-state index contributed by atoms with van der Waals surface area (Å²) in [6, 6.07) is 5.51. The highest BCUT2D eigenvalue weighted by atomic mass is 16.5. The van der Waals surface area contributed by atoms with Gasteiger partial charge in [0.25, 0.3) is 0 Å². The molecular formula is C20H20N4O4. The Kier molecular flexibility index (Phi) is 3.83. The van der Waals surface area contributed by atoms with Gasteiger partial charge in [-0.05, 0) is 11.6 Å². The summed E-state index contributed by atoms with van der Waals surface area (Å²) in [6.45, 7) is 1.22. The molecule has 0 radical (unpaired) electrons. The van der Waals surface area contributed by atoms with Crippen LogP contribution in [0.3, 0.4) is 0 Å². The lowest BCUT2D eigenvalue weighted by Crippen LogP contribution is -2.44. The number of carbonyl (C=O) groups is 2. The largest absolute Gasteiger partial charge is 0.360 e. The molecule has 1 spiro atoms. The fourth-order valence-corrected chi connectivity index (χ4v) is 4.60. The molecule has 5 rings (SSSR count). The maximum absolute atomic E-state index is 13.2. The number of ether oxygens (including phenoxy) is 1. The van der Waals surface area contributed by atoms with Gasteiger partial charge in [-0.2, -0.15) is 0 Å². The molecule has 28 heavy (non-hydrogen) atoms. The molecule has 3 aliphatic heterocycles. The fraction of sp³-hybridized carbons (Fsp3) is 0.400. The SMILES string of the molecule is CN(Cc1ccno1)C(=O)C1C2C(=O)N(Cc3cccnc3)C[C@@]23C=C[C@@H]1O3. The second kappa shape index (κ2) is 6.27. The van der Waals surface area contributed by atoms with Crippen molar-refractivity contribution in [3.63, 3.8) is 0 Å². The van der Waals surface area contributed by atoms with Crippen molar-refractivity contribution in [1.29, 1.82) is 0 Å². The number of amides is 2. The second-order valence-corrected chi connectivity index (χ2v) is 7.63. The van der Waals surface area contributed by atoms with E-state index in [1.54, 1.807) is 41.5 Å². The van der Waals surface area contributed by atoms with Crippen molar-refractivity contribution in [2.45, 2.75) is 24.8 Å². The van der Waals surface area contributed by atoms with Crippen molar-refractivity contribution in [1.82, 2.24) is 19.9 Å². The van der Waals surface area contributed by atoms with Gasteiger partial charge in [0, 0.05) is 32.1 Å². The van der Waals surface area contributed by atoms with Gasteiger partial charge >= 0.3 is 0 Å². The minimum absolute atomic E-state index is 0.0397. The molecule has 0 aliphatic carbocycles. The number of pyridine rings is 1. The maximum atomic E-state index is 13.2. The first-order valence-corrected chi connectivity index (χ1v) is 9.27. The van der Waals surface area contributed by atoms with E-state index in [-0.39, 0.29) is 17.9 Å². The third-order valence-corrected chi connectivity index (χ3v) is 5.82. The van der Waals surface area contributed by atoms with E-state index < -0.39 is 17.4 Å². The van der Waals surface area contributed by atoms with Crippen LogP contribution in [0.1, 0.15) is 11.3 Å². The fourth-order valence-electron chi connectivity index (χ4n) is 4.60. The lowest BCUT2D eigenvalue weighted by Gasteiger charge is -2.27. The van der Waals surface area contributed by atoms with Crippen LogP contribution in [0, 0.1) is 11.8 Å². The van der Waals surface area contributed by atoms with Crippen molar-refractivity contribution in [2.75, 3.05) is 13.6 Å². The van der Waals surface area contributed by atoms with Crippen molar-refractivity contribution in [3.05, 3.63) is 60.3 Å². The Labute approximate surface area is 161 Å². The monoisotopic (exact) mass is 380 g/mol. The van der Waals surface area contributed by atoms with Crippen LogP contribution in [0.25, 0.3) is 0 Å². The molecule has 2 bridgehead atoms. The Hall–Kier alpha value is -3.00. The first-order chi connectivity index (χ1) is 13.6. The number of aromatic nitrogens is 2. The third-order valence-electron chi connectivity index (χ3n) is 5.82. The molecule has 2 fully saturated rings. The first-order valence-electron chi connectivity index (χ1n) is 9.27. The van der Waals surface area contributed by atoms with Gasteiger partial charge < -0.3 is 19.1 Å². The van der Waals surface area contributed by atoms with Crippen molar-refractivity contribution >= 4 is 11.8 Å². The van der Waals surface area contributed by atoms with E-state index in [1.807, 2.05) is 24.3 Å². The van der Waals surface area contributed by atoms with Crippen molar-refractivity contribution in [2.24, 2.45) is 11.8 Å². The standard InChI is InChI=1S/C20H20N4O4/c1-23(11-14-5-8-22-28-14)18(25)16-15-4-6-20(27-15)12-24(19(26)17(16)20)10-13-3-2-7-21-9-13/h2-9,15-17H,10-12H2,1H3/t15-,16?,17?,20-/m0/s1. The number of hydrogen-bond acceptors (Lipinski definition) is 6. The van der Waals surface area contributed by atoms with Crippen LogP contribution < -0.4 is 0 Å². The molecule has 2 unspecified atom stereocenters. The lowest BCUT2D eigenvalue weighted by molar-refractivity contribution is -0.143. The molecular weight excluding hydrogens is 360 g/mol. The summed E-state index contributed by atoms with van der Waals surface area (Å²) in [5.74, 6) is -0.578. The van der Waals surface area contributed by atoms with Crippen LogP contribution in [-0.2, 0) is 27.4 Å². The van der Waals surface area contributed by atoms with E-state index in [9.17, 15) is 9.59 Å². The molecule has 2 saturated heterocycles. The molecule has 144 valence electrons. The van der Waals surface area contributed by atoms with Crippen molar-refractivity contribution in [3.8, 4) is 0 Å². The van der Waals surface area contributed by atoms with Gasteiger partial charge in [0.1, 0.15) is 5.60 Å².